The summed E-state index contributed by atoms with van der Waals surface area (Å²) in [7, 11) is 0. The average Bonchev–Trinajstić information content (AvgIpc) is 3.37. The summed E-state index contributed by atoms with van der Waals surface area (Å²) in [6, 6.07) is 12.1. The first-order valence-corrected chi connectivity index (χ1v) is 9.59. The summed E-state index contributed by atoms with van der Waals surface area (Å²) in [5.41, 5.74) is 4.65. The molecular formula is C22H22N6. The molecule has 0 bridgehead atoms. The molecule has 5 rings (SSSR count). The van der Waals surface area contributed by atoms with Crippen molar-refractivity contribution in [2.24, 2.45) is 4.99 Å². The molecule has 0 amide bonds. The Bertz CT molecular complexity index is 1060. The van der Waals surface area contributed by atoms with E-state index in [1.807, 2.05) is 30.6 Å². The smallest absolute Gasteiger partial charge is 0.183 e. The van der Waals surface area contributed by atoms with Gasteiger partial charge in [-0.1, -0.05) is 18.1 Å². The van der Waals surface area contributed by atoms with Crippen molar-refractivity contribution in [3.8, 4) is 11.8 Å². The molecule has 2 aliphatic heterocycles. The Morgan fingerprint density at radius 2 is 1.96 bits per heavy atom. The van der Waals surface area contributed by atoms with Crippen molar-refractivity contribution in [3.63, 3.8) is 0 Å². The van der Waals surface area contributed by atoms with Gasteiger partial charge in [-0.3, -0.25) is 4.90 Å². The maximum Gasteiger partial charge on any atom is 0.183 e. The maximum absolute atomic E-state index is 4.69. The van der Waals surface area contributed by atoms with E-state index in [2.05, 4.69) is 65.7 Å². The zero-order valence-corrected chi connectivity index (χ0v) is 15.7. The van der Waals surface area contributed by atoms with E-state index in [1.54, 1.807) is 0 Å². The number of H-pyrrole nitrogens is 1. The number of aliphatic imine (C=N–C) groups is 1. The lowest BCUT2D eigenvalue weighted by Crippen LogP contribution is -2.39. The van der Waals surface area contributed by atoms with Gasteiger partial charge >= 0.3 is 0 Å². The number of aromatic nitrogens is 3. The fourth-order valence-corrected chi connectivity index (χ4v) is 3.76. The molecule has 0 radical (unpaired) electrons. The molecule has 2 aromatic heterocycles. The molecule has 6 heteroatoms. The molecule has 2 aliphatic rings. The third kappa shape index (κ3) is 3.57. The molecule has 0 unspecified atom stereocenters. The van der Waals surface area contributed by atoms with Gasteiger partial charge in [-0.2, -0.15) is 0 Å². The van der Waals surface area contributed by atoms with Crippen LogP contribution in [0.25, 0.3) is 11.0 Å². The molecule has 0 fully saturated rings. The zero-order valence-electron chi connectivity index (χ0n) is 15.7. The topological polar surface area (TPSA) is 52.5 Å². The first kappa shape index (κ1) is 16.8. The van der Waals surface area contributed by atoms with Crippen LogP contribution in [0, 0.1) is 11.8 Å². The first-order chi connectivity index (χ1) is 13.8. The highest BCUT2D eigenvalue weighted by atomic mass is 15.3. The molecule has 0 saturated carbocycles. The van der Waals surface area contributed by atoms with Crippen LogP contribution in [0.3, 0.4) is 0 Å². The van der Waals surface area contributed by atoms with Crippen molar-refractivity contribution >= 4 is 17.4 Å². The highest BCUT2D eigenvalue weighted by Crippen LogP contribution is 2.22. The van der Waals surface area contributed by atoms with Gasteiger partial charge in [0, 0.05) is 44.1 Å². The van der Waals surface area contributed by atoms with E-state index in [0.29, 0.717) is 0 Å². The average molecular weight is 370 g/mol. The van der Waals surface area contributed by atoms with Crippen LogP contribution in [-0.2, 0) is 6.67 Å². The molecule has 6 nitrogen and oxygen atoms in total. The molecule has 1 aromatic carbocycles. The number of hydrogen-bond donors (Lipinski definition) is 1. The summed E-state index contributed by atoms with van der Waals surface area (Å²) in [6.45, 7) is 4.45. The van der Waals surface area contributed by atoms with Crippen molar-refractivity contribution in [2.75, 3.05) is 26.2 Å². The standard InChI is InChI=1S/C22H22N6/c1-2-7-21-20(6-1)24-22(25-21)8-5-12-26-13-9-19-18(14-26)15-28(16-23-19)17-27-10-3-4-11-27/h1-4,6-7,10-11,16H,9,12-15,17H2,(H,24,25). The second-order valence-corrected chi connectivity index (χ2v) is 7.25. The fraction of sp³-hybridized carbons (Fsp3) is 0.273. The molecule has 0 spiro atoms. The second-order valence-electron chi connectivity index (χ2n) is 7.25. The van der Waals surface area contributed by atoms with Crippen molar-refractivity contribution in [3.05, 3.63) is 65.9 Å². The number of rotatable bonds is 3. The van der Waals surface area contributed by atoms with Crippen molar-refractivity contribution < 1.29 is 0 Å². The second kappa shape index (κ2) is 7.37. The molecule has 4 heterocycles. The maximum atomic E-state index is 4.69. The molecule has 3 aromatic rings. The molecule has 140 valence electrons. The predicted octanol–water partition coefficient (Wildman–Crippen LogP) is 2.68. The van der Waals surface area contributed by atoms with Gasteiger partial charge in [0.05, 0.1) is 30.6 Å². The van der Waals surface area contributed by atoms with Gasteiger partial charge < -0.3 is 14.5 Å². The molecular weight excluding hydrogens is 348 g/mol. The number of para-hydroxylation sites is 2. The SMILES string of the molecule is C(#Cc1nc2ccccc2[nH]1)CN1CCC2=C(CN(Cn3cccc3)C=N2)C1. The summed E-state index contributed by atoms with van der Waals surface area (Å²) in [6.07, 6.45) is 7.14. The molecule has 1 N–H and O–H groups in total. The van der Waals surface area contributed by atoms with Crippen LogP contribution in [0.4, 0.5) is 0 Å². The van der Waals surface area contributed by atoms with Crippen molar-refractivity contribution in [1.29, 1.82) is 0 Å². The van der Waals surface area contributed by atoms with Gasteiger partial charge in [0.15, 0.2) is 5.82 Å². The Morgan fingerprint density at radius 3 is 2.86 bits per heavy atom. The number of aromatic amines is 1. The summed E-state index contributed by atoms with van der Waals surface area (Å²) in [4.78, 5) is 17.1. The van der Waals surface area contributed by atoms with Gasteiger partial charge in [0.25, 0.3) is 0 Å². The number of fused-ring (bicyclic) bond motifs is 1. The van der Waals surface area contributed by atoms with E-state index in [4.69, 9.17) is 0 Å². The summed E-state index contributed by atoms with van der Waals surface area (Å²) >= 11 is 0. The van der Waals surface area contributed by atoms with E-state index in [1.165, 1.54) is 11.3 Å². The number of nitrogens with zero attached hydrogens (tertiary/aromatic N) is 5. The lowest BCUT2D eigenvalue weighted by Gasteiger charge is -2.33. The Kier molecular flexibility index (Phi) is 4.43. The fourth-order valence-electron chi connectivity index (χ4n) is 3.76. The van der Waals surface area contributed by atoms with Crippen LogP contribution in [0.15, 0.2) is 65.1 Å². The summed E-state index contributed by atoms with van der Waals surface area (Å²) < 4.78 is 2.16. The Hall–Kier alpha value is -3.30. The van der Waals surface area contributed by atoms with Gasteiger partial charge in [0.1, 0.15) is 0 Å². The van der Waals surface area contributed by atoms with E-state index in [0.717, 1.165) is 56.1 Å². The first-order valence-electron chi connectivity index (χ1n) is 9.59. The van der Waals surface area contributed by atoms with E-state index >= 15 is 0 Å². The minimum absolute atomic E-state index is 0.735. The highest BCUT2D eigenvalue weighted by molar-refractivity contribution is 5.75. The molecule has 0 atom stereocenters. The minimum Gasteiger partial charge on any atom is -0.340 e. The molecule has 28 heavy (non-hydrogen) atoms. The van der Waals surface area contributed by atoms with Crippen LogP contribution in [-0.4, -0.2) is 56.9 Å². The molecule has 0 aliphatic carbocycles. The van der Waals surface area contributed by atoms with Crippen LogP contribution in [0.2, 0.25) is 0 Å². The predicted molar refractivity (Wildman–Crippen MR) is 111 cm³/mol. The lowest BCUT2D eigenvalue weighted by molar-refractivity contribution is 0.290. The van der Waals surface area contributed by atoms with Crippen LogP contribution in [0.5, 0.6) is 0 Å². The number of nitrogens with one attached hydrogen (secondary N) is 1. The highest BCUT2D eigenvalue weighted by Gasteiger charge is 2.22. The monoisotopic (exact) mass is 370 g/mol. The van der Waals surface area contributed by atoms with Crippen molar-refractivity contribution in [2.45, 2.75) is 13.1 Å². The summed E-state index contributed by atoms with van der Waals surface area (Å²) in [5.74, 6) is 7.19. The zero-order chi connectivity index (χ0) is 18.8. The normalized spacial score (nSPS) is 16.9. The third-order valence-electron chi connectivity index (χ3n) is 5.17. The van der Waals surface area contributed by atoms with E-state index in [9.17, 15) is 0 Å². The van der Waals surface area contributed by atoms with Crippen molar-refractivity contribution in [1.82, 2.24) is 24.3 Å². The van der Waals surface area contributed by atoms with E-state index in [-0.39, 0.29) is 0 Å². The third-order valence-corrected chi connectivity index (χ3v) is 5.17. The van der Waals surface area contributed by atoms with Crippen LogP contribution >= 0.6 is 0 Å². The number of hydrogen-bond acceptors (Lipinski definition) is 4. The largest absolute Gasteiger partial charge is 0.340 e. The Morgan fingerprint density at radius 1 is 1.07 bits per heavy atom. The van der Waals surface area contributed by atoms with Gasteiger partial charge in [-0.05, 0) is 35.8 Å². The summed E-state index contributed by atoms with van der Waals surface area (Å²) in [5, 5.41) is 0. The van der Waals surface area contributed by atoms with Gasteiger partial charge in [0.2, 0.25) is 0 Å². The van der Waals surface area contributed by atoms with Crippen LogP contribution < -0.4 is 0 Å². The number of imidazole rings is 1. The van der Waals surface area contributed by atoms with Crippen LogP contribution in [0.1, 0.15) is 12.2 Å². The minimum atomic E-state index is 0.735. The Labute approximate surface area is 164 Å². The Balaban J connectivity index is 1.21. The lowest BCUT2D eigenvalue weighted by atomic mass is 10.0. The quantitative estimate of drug-likeness (QED) is 0.721. The number of benzene rings is 1. The van der Waals surface area contributed by atoms with Gasteiger partial charge in [-0.15, -0.1) is 0 Å². The van der Waals surface area contributed by atoms with E-state index < -0.39 is 0 Å². The molecule has 0 saturated heterocycles. The van der Waals surface area contributed by atoms with Gasteiger partial charge in [-0.25, -0.2) is 9.98 Å².